The van der Waals surface area contributed by atoms with E-state index in [1.165, 1.54) is 0 Å². The van der Waals surface area contributed by atoms with Crippen LogP contribution in [0.4, 0.5) is 0 Å². The van der Waals surface area contributed by atoms with Crippen LogP contribution in [0.3, 0.4) is 0 Å². The van der Waals surface area contributed by atoms with Crippen LogP contribution in [0.2, 0.25) is 0 Å². The normalized spacial score (nSPS) is 17.3. The molecule has 94 valence electrons. The average molecular weight is 245 g/mol. The highest BCUT2D eigenvalue weighted by molar-refractivity contribution is 5.84. The molecule has 2 aromatic rings. The van der Waals surface area contributed by atoms with Crippen molar-refractivity contribution < 1.29 is 9.90 Å². The fourth-order valence-corrected chi connectivity index (χ4v) is 2.37. The molecule has 2 aromatic heterocycles. The second-order valence-electron chi connectivity index (χ2n) is 5.22. The SMILES string of the molecule is CC(C)c1cccn2c(C3(C(=O)O)CC3)nnc12. The Kier molecular flexibility index (Phi) is 2.20. The molecule has 1 aliphatic carbocycles. The zero-order chi connectivity index (χ0) is 12.9. The number of nitrogens with zero attached hydrogens (tertiary/aromatic N) is 3. The number of carboxylic acids is 1. The molecule has 0 radical (unpaired) electrons. The van der Waals surface area contributed by atoms with E-state index in [1.807, 2.05) is 22.7 Å². The number of carbonyl (C=O) groups is 1. The maximum Gasteiger partial charge on any atom is 0.317 e. The van der Waals surface area contributed by atoms with E-state index >= 15 is 0 Å². The van der Waals surface area contributed by atoms with Gasteiger partial charge in [0.05, 0.1) is 0 Å². The van der Waals surface area contributed by atoms with Gasteiger partial charge in [-0.05, 0) is 30.4 Å². The van der Waals surface area contributed by atoms with Crippen molar-refractivity contribution in [1.29, 1.82) is 0 Å². The summed E-state index contributed by atoms with van der Waals surface area (Å²) in [4.78, 5) is 11.4. The second-order valence-corrected chi connectivity index (χ2v) is 5.22. The molecular weight excluding hydrogens is 230 g/mol. The lowest BCUT2D eigenvalue weighted by atomic mass is 10.0. The Morgan fingerprint density at radius 3 is 2.72 bits per heavy atom. The Labute approximate surface area is 104 Å². The molecule has 0 aromatic carbocycles. The summed E-state index contributed by atoms with van der Waals surface area (Å²) < 4.78 is 1.83. The van der Waals surface area contributed by atoms with Crippen molar-refractivity contribution >= 4 is 11.6 Å². The highest BCUT2D eigenvalue weighted by Crippen LogP contribution is 2.47. The maximum absolute atomic E-state index is 11.4. The number of aliphatic carboxylic acids is 1. The van der Waals surface area contributed by atoms with E-state index in [9.17, 15) is 9.90 Å². The van der Waals surface area contributed by atoms with Crippen LogP contribution in [0.15, 0.2) is 18.3 Å². The summed E-state index contributed by atoms with van der Waals surface area (Å²) >= 11 is 0. The lowest BCUT2D eigenvalue weighted by Crippen LogP contribution is -2.22. The molecule has 1 saturated carbocycles. The Balaban J connectivity index is 2.22. The molecule has 1 fully saturated rings. The lowest BCUT2D eigenvalue weighted by Gasteiger charge is -2.09. The van der Waals surface area contributed by atoms with Crippen LogP contribution in [0.5, 0.6) is 0 Å². The molecule has 0 unspecified atom stereocenters. The van der Waals surface area contributed by atoms with E-state index in [0.29, 0.717) is 24.6 Å². The number of aromatic nitrogens is 3. The molecule has 0 spiro atoms. The van der Waals surface area contributed by atoms with E-state index in [1.54, 1.807) is 0 Å². The van der Waals surface area contributed by atoms with E-state index in [-0.39, 0.29) is 0 Å². The van der Waals surface area contributed by atoms with Crippen molar-refractivity contribution in [1.82, 2.24) is 14.6 Å². The van der Waals surface area contributed by atoms with Crippen LogP contribution in [0.25, 0.3) is 5.65 Å². The standard InChI is InChI=1S/C13H15N3O2/c1-8(2)9-4-3-7-16-10(9)14-15-11(16)13(5-6-13)12(17)18/h3-4,7-8H,5-6H2,1-2H3,(H,17,18). The van der Waals surface area contributed by atoms with Gasteiger partial charge in [0, 0.05) is 6.20 Å². The third-order valence-electron chi connectivity index (χ3n) is 3.67. The van der Waals surface area contributed by atoms with Crippen LogP contribution >= 0.6 is 0 Å². The Morgan fingerprint density at radius 2 is 2.17 bits per heavy atom. The first-order chi connectivity index (χ1) is 8.56. The van der Waals surface area contributed by atoms with Crippen LogP contribution in [0.1, 0.15) is 44.0 Å². The summed E-state index contributed by atoms with van der Waals surface area (Å²) in [5.74, 6) is 0.102. The van der Waals surface area contributed by atoms with Gasteiger partial charge in [-0.15, -0.1) is 10.2 Å². The Bertz CT molecular complexity index is 626. The van der Waals surface area contributed by atoms with Gasteiger partial charge >= 0.3 is 5.97 Å². The Morgan fingerprint density at radius 1 is 1.44 bits per heavy atom. The molecule has 0 aliphatic heterocycles. The summed E-state index contributed by atoms with van der Waals surface area (Å²) in [5.41, 5.74) is 1.06. The van der Waals surface area contributed by atoms with E-state index in [0.717, 1.165) is 11.2 Å². The van der Waals surface area contributed by atoms with Crippen molar-refractivity contribution in [2.75, 3.05) is 0 Å². The molecule has 5 heteroatoms. The van der Waals surface area contributed by atoms with Crippen molar-refractivity contribution in [3.05, 3.63) is 29.7 Å². The molecule has 18 heavy (non-hydrogen) atoms. The summed E-state index contributed by atoms with van der Waals surface area (Å²) in [6.07, 6.45) is 3.14. The van der Waals surface area contributed by atoms with Gasteiger partial charge in [0.25, 0.3) is 0 Å². The molecule has 0 amide bonds. The highest BCUT2D eigenvalue weighted by atomic mass is 16.4. The smallest absolute Gasteiger partial charge is 0.317 e. The maximum atomic E-state index is 11.4. The van der Waals surface area contributed by atoms with Gasteiger partial charge in [-0.25, -0.2) is 0 Å². The summed E-state index contributed by atoms with van der Waals surface area (Å²) in [7, 11) is 0. The molecule has 5 nitrogen and oxygen atoms in total. The monoisotopic (exact) mass is 245 g/mol. The minimum Gasteiger partial charge on any atom is -0.480 e. The summed E-state index contributed by atoms with van der Waals surface area (Å²) in [6.45, 7) is 4.18. The molecule has 1 aliphatic rings. The van der Waals surface area contributed by atoms with Crippen LogP contribution in [-0.2, 0) is 10.2 Å². The van der Waals surface area contributed by atoms with Crippen LogP contribution in [-0.4, -0.2) is 25.7 Å². The molecule has 0 atom stereocenters. The van der Waals surface area contributed by atoms with E-state index in [2.05, 4.69) is 24.0 Å². The van der Waals surface area contributed by atoms with Crippen LogP contribution in [0, 0.1) is 0 Å². The number of carboxylic acid groups (broad SMARTS) is 1. The first-order valence-corrected chi connectivity index (χ1v) is 6.14. The van der Waals surface area contributed by atoms with Gasteiger partial charge in [-0.3, -0.25) is 9.20 Å². The fraction of sp³-hybridized carbons (Fsp3) is 0.462. The largest absolute Gasteiger partial charge is 0.480 e. The lowest BCUT2D eigenvalue weighted by molar-refractivity contribution is -0.140. The molecule has 3 rings (SSSR count). The van der Waals surface area contributed by atoms with Gasteiger partial charge in [0.2, 0.25) is 0 Å². The first kappa shape index (κ1) is 11.2. The topological polar surface area (TPSA) is 67.5 Å². The molecule has 2 heterocycles. The molecule has 0 bridgehead atoms. The number of hydrogen-bond acceptors (Lipinski definition) is 3. The van der Waals surface area contributed by atoms with Gasteiger partial charge in [0.15, 0.2) is 11.5 Å². The second kappa shape index (κ2) is 3.54. The molecule has 1 N–H and O–H groups in total. The predicted octanol–water partition coefficient (Wildman–Crippen LogP) is 1.97. The van der Waals surface area contributed by atoms with Crippen molar-refractivity contribution in [2.24, 2.45) is 0 Å². The third-order valence-corrected chi connectivity index (χ3v) is 3.67. The number of fused-ring (bicyclic) bond motifs is 1. The predicted molar refractivity (Wildman–Crippen MR) is 65.6 cm³/mol. The number of pyridine rings is 1. The van der Waals surface area contributed by atoms with Gasteiger partial charge in [-0.2, -0.15) is 0 Å². The van der Waals surface area contributed by atoms with Crippen molar-refractivity contribution in [2.45, 2.75) is 38.0 Å². The van der Waals surface area contributed by atoms with Gasteiger partial charge in [-0.1, -0.05) is 19.9 Å². The molecule has 0 saturated heterocycles. The van der Waals surface area contributed by atoms with E-state index in [4.69, 9.17) is 0 Å². The fourth-order valence-electron chi connectivity index (χ4n) is 2.37. The number of hydrogen-bond donors (Lipinski definition) is 1. The zero-order valence-electron chi connectivity index (χ0n) is 10.4. The average Bonchev–Trinajstić information content (AvgIpc) is 3.03. The van der Waals surface area contributed by atoms with Crippen LogP contribution < -0.4 is 0 Å². The number of rotatable bonds is 3. The minimum atomic E-state index is -0.810. The molecular formula is C13H15N3O2. The van der Waals surface area contributed by atoms with E-state index < -0.39 is 11.4 Å². The van der Waals surface area contributed by atoms with Gasteiger partial charge in [0.1, 0.15) is 5.41 Å². The quantitative estimate of drug-likeness (QED) is 0.897. The van der Waals surface area contributed by atoms with Gasteiger partial charge < -0.3 is 5.11 Å². The van der Waals surface area contributed by atoms with Crippen molar-refractivity contribution in [3.63, 3.8) is 0 Å². The zero-order valence-corrected chi connectivity index (χ0v) is 10.4. The minimum absolute atomic E-state index is 0.339. The Hall–Kier alpha value is -1.91. The highest BCUT2D eigenvalue weighted by Gasteiger charge is 2.55. The van der Waals surface area contributed by atoms with Crippen molar-refractivity contribution in [3.8, 4) is 0 Å². The first-order valence-electron chi connectivity index (χ1n) is 6.14. The third kappa shape index (κ3) is 1.36. The summed E-state index contributed by atoms with van der Waals surface area (Å²) in [6, 6.07) is 3.94. The summed E-state index contributed by atoms with van der Waals surface area (Å²) in [5, 5.41) is 17.6.